The van der Waals surface area contributed by atoms with Gasteiger partial charge in [-0.3, -0.25) is 4.79 Å². The fourth-order valence-corrected chi connectivity index (χ4v) is 2.54. The van der Waals surface area contributed by atoms with E-state index in [-0.39, 0.29) is 5.92 Å². The molecule has 0 aliphatic rings. The fourth-order valence-electron chi connectivity index (χ4n) is 1.92. The molecular formula is C16H20BrNO5. The number of hydrogen-bond donors (Lipinski definition) is 2. The standard InChI is InChI=1S/C16H20BrNO5/c1-9(2)14(16(20)21)18-13(19)6-5-10-7-11(17)15(23-4)12(8-10)22-3/h5-9,14H,1-4H3,(H,18,19)(H,20,21)/b6-5+. The van der Waals surface area contributed by atoms with E-state index in [0.29, 0.717) is 21.5 Å². The Balaban J connectivity index is 2.90. The molecule has 7 heteroatoms. The fraction of sp³-hybridized carbons (Fsp3) is 0.375. The van der Waals surface area contributed by atoms with Crippen LogP contribution in [0.3, 0.4) is 0 Å². The molecule has 0 saturated carbocycles. The predicted octanol–water partition coefficient (Wildman–Crippen LogP) is 2.70. The minimum atomic E-state index is -1.06. The highest BCUT2D eigenvalue weighted by molar-refractivity contribution is 9.10. The lowest BCUT2D eigenvalue weighted by Crippen LogP contribution is -2.43. The first kappa shape index (κ1) is 19.0. The highest BCUT2D eigenvalue weighted by Gasteiger charge is 2.22. The summed E-state index contributed by atoms with van der Waals surface area (Å²) < 4.78 is 11.1. The van der Waals surface area contributed by atoms with Gasteiger partial charge in [-0.1, -0.05) is 13.8 Å². The molecule has 0 fully saturated rings. The Morgan fingerprint density at radius 2 is 1.91 bits per heavy atom. The first-order valence-corrected chi connectivity index (χ1v) is 7.72. The number of methoxy groups -OCH3 is 2. The van der Waals surface area contributed by atoms with Gasteiger partial charge in [0, 0.05) is 6.08 Å². The van der Waals surface area contributed by atoms with Crippen LogP contribution in [0.25, 0.3) is 6.08 Å². The van der Waals surface area contributed by atoms with E-state index in [0.717, 1.165) is 0 Å². The summed E-state index contributed by atoms with van der Waals surface area (Å²) in [7, 11) is 3.05. The molecule has 0 aromatic heterocycles. The third kappa shape index (κ3) is 5.28. The molecule has 0 bridgehead atoms. The molecule has 6 nitrogen and oxygen atoms in total. The van der Waals surface area contributed by atoms with Crippen molar-refractivity contribution in [2.75, 3.05) is 14.2 Å². The van der Waals surface area contributed by atoms with Crippen LogP contribution in [0.4, 0.5) is 0 Å². The number of carbonyl (C=O) groups excluding carboxylic acids is 1. The van der Waals surface area contributed by atoms with E-state index < -0.39 is 17.9 Å². The molecule has 23 heavy (non-hydrogen) atoms. The molecule has 126 valence electrons. The molecule has 1 aromatic carbocycles. The Kier molecular flexibility index (Phi) is 7.09. The van der Waals surface area contributed by atoms with Gasteiger partial charge >= 0.3 is 5.97 Å². The average Bonchev–Trinajstić information content (AvgIpc) is 2.49. The second-order valence-electron chi connectivity index (χ2n) is 5.14. The quantitative estimate of drug-likeness (QED) is 0.704. The lowest BCUT2D eigenvalue weighted by atomic mass is 10.0. The van der Waals surface area contributed by atoms with Crippen LogP contribution in [0.2, 0.25) is 0 Å². The number of carboxylic acid groups (broad SMARTS) is 1. The molecule has 0 spiro atoms. The van der Waals surface area contributed by atoms with Crippen LogP contribution in [0.5, 0.6) is 11.5 Å². The molecule has 1 unspecified atom stereocenters. The van der Waals surface area contributed by atoms with Crippen molar-refractivity contribution in [2.45, 2.75) is 19.9 Å². The van der Waals surface area contributed by atoms with Crippen molar-refractivity contribution >= 4 is 33.9 Å². The monoisotopic (exact) mass is 385 g/mol. The first-order chi connectivity index (χ1) is 10.8. The Bertz CT molecular complexity index is 613. The van der Waals surface area contributed by atoms with E-state index in [1.54, 1.807) is 32.1 Å². The average molecular weight is 386 g/mol. The van der Waals surface area contributed by atoms with Gasteiger partial charge in [0.25, 0.3) is 0 Å². The maximum absolute atomic E-state index is 11.9. The Morgan fingerprint density at radius 3 is 2.39 bits per heavy atom. The summed E-state index contributed by atoms with van der Waals surface area (Å²) in [5, 5.41) is 11.5. The van der Waals surface area contributed by atoms with Crippen molar-refractivity contribution in [1.29, 1.82) is 0 Å². The third-order valence-corrected chi connectivity index (χ3v) is 3.70. The second kappa shape index (κ2) is 8.57. The van der Waals surface area contributed by atoms with Crippen molar-refractivity contribution < 1.29 is 24.2 Å². The topological polar surface area (TPSA) is 84.9 Å². The summed E-state index contributed by atoms with van der Waals surface area (Å²) in [6.45, 7) is 3.46. The summed E-state index contributed by atoms with van der Waals surface area (Å²) in [4.78, 5) is 22.9. The van der Waals surface area contributed by atoms with E-state index in [9.17, 15) is 9.59 Å². The summed E-state index contributed by atoms with van der Waals surface area (Å²) in [5.74, 6) is -0.667. The minimum absolute atomic E-state index is 0.208. The van der Waals surface area contributed by atoms with Crippen LogP contribution in [0.1, 0.15) is 19.4 Å². The number of halogens is 1. The van der Waals surface area contributed by atoms with Crippen molar-refractivity contribution in [3.63, 3.8) is 0 Å². The van der Waals surface area contributed by atoms with Gasteiger partial charge in [0.05, 0.1) is 18.7 Å². The van der Waals surface area contributed by atoms with Crippen LogP contribution in [-0.2, 0) is 9.59 Å². The maximum Gasteiger partial charge on any atom is 0.326 e. The zero-order valence-corrected chi connectivity index (χ0v) is 15.0. The van der Waals surface area contributed by atoms with Crippen molar-refractivity contribution in [2.24, 2.45) is 5.92 Å². The second-order valence-corrected chi connectivity index (χ2v) is 5.99. The summed E-state index contributed by atoms with van der Waals surface area (Å²) in [5.41, 5.74) is 0.709. The normalized spacial score (nSPS) is 12.3. The molecule has 2 N–H and O–H groups in total. The van der Waals surface area contributed by atoms with E-state index in [1.807, 2.05) is 0 Å². The van der Waals surface area contributed by atoms with Crippen molar-refractivity contribution in [3.05, 3.63) is 28.2 Å². The highest BCUT2D eigenvalue weighted by atomic mass is 79.9. The third-order valence-electron chi connectivity index (χ3n) is 3.11. The smallest absolute Gasteiger partial charge is 0.326 e. The number of rotatable bonds is 7. The maximum atomic E-state index is 11.9. The van der Waals surface area contributed by atoms with Gasteiger partial charge < -0.3 is 19.9 Å². The molecular weight excluding hydrogens is 366 g/mol. The summed E-state index contributed by atoms with van der Waals surface area (Å²) in [6.07, 6.45) is 2.85. The Labute approximate surface area is 143 Å². The molecule has 1 atom stereocenters. The molecule has 0 saturated heterocycles. The van der Waals surface area contributed by atoms with E-state index >= 15 is 0 Å². The van der Waals surface area contributed by atoms with E-state index in [2.05, 4.69) is 21.2 Å². The molecule has 1 rings (SSSR count). The van der Waals surface area contributed by atoms with Gasteiger partial charge in [-0.15, -0.1) is 0 Å². The van der Waals surface area contributed by atoms with Gasteiger partial charge in [-0.2, -0.15) is 0 Å². The van der Waals surface area contributed by atoms with Gasteiger partial charge in [-0.25, -0.2) is 4.79 Å². The van der Waals surface area contributed by atoms with Crippen molar-refractivity contribution in [3.8, 4) is 11.5 Å². The Hall–Kier alpha value is -2.02. The van der Waals surface area contributed by atoms with E-state index in [4.69, 9.17) is 14.6 Å². The number of aliphatic carboxylic acids is 1. The first-order valence-electron chi connectivity index (χ1n) is 6.93. The van der Waals surface area contributed by atoms with E-state index in [1.165, 1.54) is 20.3 Å². The number of ether oxygens (including phenoxy) is 2. The number of nitrogens with one attached hydrogen (secondary N) is 1. The number of carbonyl (C=O) groups is 2. The minimum Gasteiger partial charge on any atom is -0.493 e. The van der Waals surface area contributed by atoms with Crippen LogP contribution in [0.15, 0.2) is 22.7 Å². The van der Waals surface area contributed by atoms with Crippen LogP contribution >= 0.6 is 15.9 Å². The van der Waals surface area contributed by atoms with Gasteiger partial charge in [0.15, 0.2) is 11.5 Å². The number of benzene rings is 1. The van der Waals surface area contributed by atoms with Crippen LogP contribution in [-0.4, -0.2) is 37.2 Å². The van der Waals surface area contributed by atoms with Gasteiger partial charge in [0.2, 0.25) is 5.91 Å². The SMILES string of the molecule is COc1cc(/C=C/C(=O)NC(C(=O)O)C(C)C)cc(Br)c1OC. The zero-order chi connectivity index (χ0) is 17.6. The van der Waals surface area contributed by atoms with Gasteiger partial charge in [0.1, 0.15) is 6.04 Å². The lowest BCUT2D eigenvalue weighted by Gasteiger charge is -2.16. The highest BCUT2D eigenvalue weighted by Crippen LogP contribution is 2.36. The predicted molar refractivity (Wildman–Crippen MR) is 90.7 cm³/mol. The Morgan fingerprint density at radius 1 is 1.26 bits per heavy atom. The van der Waals surface area contributed by atoms with Crippen molar-refractivity contribution in [1.82, 2.24) is 5.32 Å². The molecule has 0 heterocycles. The van der Waals surface area contributed by atoms with Crippen LogP contribution < -0.4 is 14.8 Å². The molecule has 0 radical (unpaired) electrons. The number of carboxylic acids is 1. The summed E-state index contributed by atoms with van der Waals surface area (Å²) >= 11 is 3.37. The molecule has 1 aromatic rings. The van der Waals surface area contributed by atoms with Gasteiger partial charge in [-0.05, 0) is 45.6 Å². The molecule has 0 aliphatic carbocycles. The number of amides is 1. The molecule has 1 amide bonds. The van der Waals surface area contributed by atoms with Crippen LogP contribution in [0, 0.1) is 5.92 Å². The largest absolute Gasteiger partial charge is 0.493 e. The summed E-state index contributed by atoms with van der Waals surface area (Å²) in [6, 6.07) is 2.55. The zero-order valence-electron chi connectivity index (χ0n) is 13.4. The molecule has 0 aliphatic heterocycles. The lowest BCUT2D eigenvalue weighted by molar-refractivity contribution is -0.142. The number of hydrogen-bond acceptors (Lipinski definition) is 4.